The van der Waals surface area contributed by atoms with E-state index in [9.17, 15) is 9.59 Å². The third-order valence-electron chi connectivity index (χ3n) is 4.50. The van der Waals surface area contributed by atoms with Gasteiger partial charge in [-0.05, 0) is 38.5 Å². The van der Waals surface area contributed by atoms with Crippen molar-refractivity contribution >= 4 is 46.3 Å². The zero-order valence-corrected chi connectivity index (χ0v) is 18.1. The van der Waals surface area contributed by atoms with Crippen molar-refractivity contribution in [2.75, 3.05) is 5.75 Å². The first-order valence-electron chi connectivity index (χ1n) is 9.38. The molecule has 0 aliphatic carbocycles. The molecule has 2 atom stereocenters. The van der Waals surface area contributed by atoms with Gasteiger partial charge in [-0.3, -0.25) is 14.3 Å². The van der Waals surface area contributed by atoms with Gasteiger partial charge in [0.05, 0.1) is 15.3 Å². The van der Waals surface area contributed by atoms with E-state index < -0.39 is 11.7 Å². The van der Waals surface area contributed by atoms with Crippen LogP contribution in [0.25, 0.3) is 10.9 Å². The Morgan fingerprint density at radius 1 is 1.17 bits per heavy atom. The number of nitrogens with zero attached hydrogens (tertiary/aromatic N) is 2. The molecule has 0 radical (unpaired) electrons. The topological polar surface area (TPSA) is 61.2 Å². The minimum atomic E-state index is -0.610. The molecule has 0 amide bonds. The summed E-state index contributed by atoms with van der Waals surface area (Å²) in [7, 11) is 0. The fourth-order valence-corrected chi connectivity index (χ4v) is 6.42. The van der Waals surface area contributed by atoms with E-state index in [0.29, 0.717) is 11.1 Å². The number of carbonyl (C=O) groups is 2. The Kier molecular flexibility index (Phi) is 5.44. The summed E-state index contributed by atoms with van der Waals surface area (Å²) in [6.45, 7) is 5.48. The van der Waals surface area contributed by atoms with E-state index in [2.05, 4.69) is 4.98 Å². The quantitative estimate of drug-likeness (QED) is 0.512. The number of ketones is 1. The molecule has 5 nitrogen and oxygen atoms in total. The molecule has 2 aromatic heterocycles. The van der Waals surface area contributed by atoms with Crippen LogP contribution in [-0.4, -0.2) is 38.0 Å². The third-order valence-corrected chi connectivity index (χ3v) is 7.79. The molecule has 1 aliphatic rings. The maximum absolute atomic E-state index is 13.3. The number of hydrogen-bond acceptors (Lipinski definition) is 6. The highest BCUT2D eigenvalue weighted by molar-refractivity contribution is 8.20. The molecular weight excluding hydrogens is 404 g/mol. The number of rotatable bonds is 3. The molecule has 1 fully saturated rings. The number of thioether (sulfide) groups is 2. The zero-order chi connectivity index (χ0) is 20.6. The van der Waals surface area contributed by atoms with Crippen LogP contribution < -0.4 is 0 Å². The van der Waals surface area contributed by atoms with Gasteiger partial charge in [0, 0.05) is 35.3 Å². The number of carbonyl (C=O) groups excluding carboxylic acids is 2. The molecule has 0 spiro atoms. The maximum Gasteiger partial charge on any atom is 0.419 e. The van der Waals surface area contributed by atoms with Crippen molar-refractivity contribution in [3.63, 3.8) is 0 Å². The van der Waals surface area contributed by atoms with Gasteiger partial charge in [0.1, 0.15) is 5.60 Å². The summed E-state index contributed by atoms with van der Waals surface area (Å²) >= 11 is 3.41. The van der Waals surface area contributed by atoms with Crippen LogP contribution in [0.5, 0.6) is 0 Å². The zero-order valence-electron chi connectivity index (χ0n) is 16.5. The predicted octanol–water partition coefficient (Wildman–Crippen LogP) is 5.55. The number of benzene rings is 1. The van der Waals surface area contributed by atoms with E-state index in [4.69, 9.17) is 4.74 Å². The van der Waals surface area contributed by atoms with Gasteiger partial charge in [-0.1, -0.05) is 24.3 Å². The molecular formula is C22H22N2O3S2. The van der Waals surface area contributed by atoms with E-state index >= 15 is 0 Å². The Labute approximate surface area is 178 Å². The van der Waals surface area contributed by atoms with Crippen LogP contribution in [0.2, 0.25) is 0 Å². The summed E-state index contributed by atoms with van der Waals surface area (Å²) < 4.78 is 7.16. The minimum absolute atomic E-state index is 0.0485. The van der Waals surface area contributed by atoms with E-state index in [1.54, 1.807) is 35.9 Å². The van der Waals surface area contributed by atoms with Gasteiger partial charge in [0.2, 0.25) is 0 Å². The van der Waals surface area contributed by atoms with Crippen molar-refractivity contribution in [3.05, 3.63) is 66.1 Å². The summed E-state index contributed by atoms with van der Waals surface area (Å²) in [6.07, 6.45) is 4.76. The number of Topliss-reactive ketones (excluding diaryl/α,β-unsaturated/α-hetero) is 1. The highest BCUT2D eigenvalue weighted by Gasteiger charge is 2.34. The van der Waals surface area contributed by atoms with Crippen molar-refractivity contribution in [2.45, 2.75) is 36.2 Å². The van der Waals surface area contributed by atoms with Gasteiger partial charge in [0.25, 0.3) is 0 Å². The lowest BCUT2D eigenvalue weighted by Gasteiger charge is -2.19. The van der Waals surface area contributed by atoms with Crippen LogP contribution in [0, 0.1) is 0 Å². The fraction of sp³-hybridized carbons (Fsp3) is 0.318. The largest absolute Gasteiger partial charge is 0.443 e. The minimum Gasteiger partial charge on any atom is -0.443 e. The molecule has 7 heteroatoms. The molecule has 2 unspecified atom stereocenters. The van der Waals surface area contributed by atoms with Gasteiger partial charge in [-0.2, -0.15) is 0 Å². The van der Waals surface area contributed by atoms with Crippen molar-refractivity contribution in [1.29, 1.82) is 0 Å². The van der Waals surface area contributed by atoms with E-state index in [0.717, 1.165) is 16.7 Å². The van der Waals surface area contributed by atoms with E-state index in [-0.39, 0.29) is 15.6 Å². The smallest absolute Gasteiger partial charge is 0.419 e. The van der Waals surface area contributed by atoms with Crippen LogP contribution in [0.1, 0.15) is 41.3 Å². The lowest BCUT2D eigenvalue weighted by atomic mass is 10.1. The van der Waals surface area contributed by atoms with Gasteiger partial charge in [-0.25, -0.2) is 4.79 Å². The van der Waals surface area contributed by atoms with Gasteiger partial charge in [-0.15, -0.1) is 23.5 Å². The molecule has 1 aliphatic heterocycles. The summed E-state index contributed by atoms with van der Waals surface area (Å²) in [5, 5.41) is 0.613. The second kappa shape index (κ2) is 7.88. The van der Waals surface area contributed by atoms with Gasteiger partial charge >= 0.3 is 6.09 Å². The summed E-state index contributed by atoms with van der Waals surface area (Å²) in [6, 6.07) is 11.4. The van der Waals surface area contributed by atoms with Crippen molar-refractivity contribution in [3.8, 4) is 0 Å². The molecule has 1 aromatic carbocycles. The van der Waals surface area contributed by atoms with Crippen LogP contribution in [0.15, 0.2) is 55.0 Å². The van der Waals surface area contributed by atoms with Crippen LogP contribution >= 0.6 is 23.5 Å². The first kappa shape index (κ1) is 20.0. The molecule has 0 saturated carbocycles. The SMILES string of the molecule is CC(C)(C)OC(=O)n1cc(C(=O)C2CSC(c3cccnc3)S2)c2ccccc21. The lowest BCUT2D eigenvalue weighted by Crippen LogP contribution is -2.26. The maximum atomic E-state index is 13.3. The summed E-state index contributed by atoms with van der Waals surface area (Å²) in [5.41, 5.74) is 1.76. The standard InChI is InChI=1S/C22H22N2O3S2/c1-22(2,3)27-21(26)24-12-16(15-8-4-5-9-17(15)24)19(25)18-13-28-20(29-18)14-7-6-10-23-11-14/h4-12,18,20H,13H2,1-3H3. The van der Waals surface area contributed by atoms with Crippen molar-refractivity contribution in [2.24, 2.45) is 0 Å². The first-order valence-corrected chi connectivity index (χ1v) is 11.4. The Balaban J connectivity index is 1.62. The normalized spacial score (nSPS) is 19.4. The molecule has 0 bridgehead atoms. The average molecular weight is 427 g/mol. The number of aromatic nitrogens is 2. The summed E-state index contributed by atoms with van der Waals surface area (Å²) in [5.74, 6) is 0.780. The number of para-hydroxylation sites is 1. The van der Waals surface area contributed by atoms with Gasteiger partial charge < -0.3 is 4.74 Å². The van der Waals surface area contributed by atoms with E-state index in [1.165, 1.54) is 4.57 Å². The molecule has 3 heterocycles. The molecule has 150 valence electrons. The van der Waals surface area contributed by atoms with Crippen molar-refractivity contribution in [1.82, 2.24) is 9.55 Å². The van der Waals surface area contributed by atoms with Crippen LogP contribution in [0.3, 0.4) is 0 Å². The van der Waals surface area contributed by atoms with Crippen molar-refractivity contribution < 1.29 is 14.3 Å². The second-order valence-corrected chi connectivity index (χ2v) is 10.6. The highest BCUT2D eigenvalue weighted by atomic mass is 32.2. The molecule has 3 aromatic rings. The Bertz CT molecular complexity index is 1060. The number of ether oxygens (including phenoxy) is 1. The van der Waals surface area contributed by atoms with Crippen LogP contribution in [-0.2, 0) is 4.74 Å². The van der Waals surface area contributed by atoms with Crippen LogP contribution in [0.4, 0.5) is 4.79 Å². The van der Waals surface area contributed by atoms with E-state index in [1.807, 2.05) is 63.4 Å². The second-order valence-electron chi connectivity index (χ2n) is 7.85. The molecule has 0 N–H and O–H groups in total. The Morgan fingerprint density at radius 2 is 1.97 bits per heavy atom. The predicted molar refractivity (Wildman–Crippen MR) is 119 cm³/mol. The molecule has 29 heavy (non-hydrogen) atoms. The molecule has 4 rings (SSSR count). The fourth-order valence-electron chi connectivity index (χ4n) is 3.24. The van der Waals surface area contributed by atoms with Gasteiger partial charge in [0.15, 0.2) is 5.78 Å². The highest BCUT2D eigenvalue weighted by Crippen LogP contribution is 2.50. The Morgan fingerprint density at radius 3 is 2.69 bits per heavy atom. The number of hydrogen-bond donors (Lipinski definition) is 0. The number of pyridine rings is 1. The third kappa shape index (κ3) is 4.21. The average Bonchev–Trinajstić information content (AvgIpc) is 3.32. The number of fused-ring (bicyclic) bond motifs is 1. The summed E-state index contributed by atoms with van der Waals surface area (Å²) in [4.78, 5) is 30.2. The molecule has 1 saturated heterocycles. The Hall–Kier alpha value is -2.25. The monoisotopic (exact) mass is 426 g/mol. The lowest BCUT2D eigenvalue weighted by molar-refractivity contribution is 0.0544. The first-order chi connectivity index (χ1) is 13.8.